The molecule has 0 aliphatic carbocycles. The Balaban J connectivity index is 1.79. The standard InChI is InChI=1S/C29H43N3O17S/c1-11(35)30-20-16(37)7-28(44,48-24(20)22(41)18(39)9-33)5-13-3-4-14-26(50(46,47)32-27(14)43)15(13)6-29(45)8-17(38)21(31-12(2)36)25(49-29)23(42)19(40)10-34/h3-4,16-25,33-34,37-42,44-45H,5-10H2,1-2H3,(H,30,35)(H,31,36)(H,32,43)/t16-,17-,18+,19+,20+,21+,22+,23+,24+,25+,28+,29+/m0/s1. The second kappa shape index (κ2) is 15.0. The highest BCUT2D eigenvalue weighted by atomic mass is 32.2. The predicted octanol–water partition coefficient (Wildman–Crippen LogP) is -6.68. The van der Waals surface area contributed by atoms with Gasteiger partial charge in [0.2, 0.25) is 11.8 Å². The van der Waals surface area contributed by atoms with Crippen molar-refractivity contribution in [1.82, 2.24) is 15.4 Å². The fourth-order valence-corrected chi connectivity index (χ4v) is 8.12. The molecular weight excluding hydrogens is 694 g/mol. The van der Waals surface area contributed by atoms with Crippen LogP contribution >= 0.6 is 0 Å². The van der Waals surface area contributed by atoms with Crippen LogP contribution in [0.25, 0.3) is 0 Å². The number of aliphatic hydroxyl groups is 10. The normalized spacial score (nSPS) is 34.5. The summed E-state index contributed by atoms with van der Waals surface area (Å²) < 4.78 is 39.7. The van der Waals surface area contributed by atoms with Gasteiger partial charge in [0.15, 0.2) is 11.6 Å². The van der Waals surface area contributed by atoms with E-state index in [1.54, 1.807) is 4.72 Å². The molecule has 50 heavy (non-hydrogen) atoms. The molecule has 3 amide bonds. The molecule has 0 saturated carbocycles. The van der Waals surface area contributed by atoms with E-state index in [2.05, 4.69) is 10.6 Å². The Hall–Kier alpha value is -2.90. The molecule has 0 bridgehead atoms. The maximum Gasteiger partial charge on any atom is 0.266 e. The van der Waals surface area contributed by atoms with Gasteiger partial charge < -0.3 is 71.2 Å². The number of sulfonamides is 1. The van der Waals surface area contributed by atoms with Crippen LogP contribution in [-0.2, 0) is 41.9 Å². The molecule has 13 N–H and O–H groups in total. The number of rotatable bonds is 12. The van der Waals surface area contributed by atoms with E-state index in [0.29, 0.717) is 0 Å². The van der Waals surface area contributed by atoms with Gasteiger partial charge in [-0.3, -0.25) is 14.4 Å². The lowest BCUT2D eigenvalue weighted by Gasteiger charge is -2.47. The SMILES string of the molecule is CC(=O)N[C@H]1[C@H]([C@H](O)[C@H](O)CO)O[C@](O)(Cc2ccc3c(c2C[C@]2(O)C[C@H](O)[C@@H](NC(C)=O)[C@H]([C@H](O)[C@H](O)CO)O2)S(=O)(=O)NC3=O)C[C@@H]1O. The molecular formula is C29H43N3O17S. The van der Waals surface area contributed by atoms with Crippen molar-refractivity contribution in [2.24, 2.45) is 0 Å². The maximum atomic E-state index is 13.2. The van der Waals surface area contributed by atoms with Crippen molar-refractivity contribution in [2.45, 2.75) is 117 Å². The van der Waals surface area contributed by atoms with Gasteiger partial charge in [-0.2, -0.15) is 0 Å². The van der Waals surface area contributed by atoms with Gasteiger partial charge in [-0.05, 0) is 17.2 Å². The van der Waals surface area contributed by atoms with Crippen LogP contribution in [0.5, 0.6) is 0 Å². The van der Waals surface area contributed by atoms with E-state index >= 15 is 0 Å². The highest BCUT2D eigenvalue weighted by molar-refractivity contribution is 7.90. The van der Waals surface area contributed by atoms with Gasteiger partial charge >= 0.3 is 0 Å². The average Bonchev–Trinajstić information content (AvgIpc) is 3.26. The topological polar surface area (TPSA) is 342 Å². The minimum absolute atomic E-state index is 0.143. The second-order valence-corrected chi connectivity index (χ2v) is 14.5. The first-order valence-electron chi connectivity index (χ1n) is 15.5. The summed E-state index contributed by atoms with van der Waals surface area (Å²) in [6, 6.07) is -0.557. The molecule has 282 valence electrons. The van der Waals surface area contributed by atoms with Crippen LogP contribution in [-0.4, -0.2) is 163 Å². The molecule has 0 radical (unpaired) electrons. The first kappa shape index (κ1) is 39.9. The summed E-state index contributed by atoms with van der Waals surface area (Å²) in [6.07, 6.45) is -17.7. The van der Waals surface area contributed by atoms with Crippen molar-refractivity contribution >= 4 is 27.7 Å². The van der Waals surface area contributed by atoms with E-state index in [9.17, 15) is 73.9 Å². The van der Waals surface area contributed by atoms with Crippen LogP contribution in [0.15, 0.2) is 17.0 Å². The highest BCUT2D eigenvalue weighted by Gasteiger charge is 2.53. The van der Waals surface area contributed by atoms with Crippen molar-refractivity contribution in [2.75, 3.05) is 13.2 Å². The molecule has 12 atom stereocenters. The Labute approximate surface area is 285 Å². The molecule has 1 aromatic carbocycles. The summed E-state index contributed by atoms with van der Waals surface area (Å²) >= 11 is 0. The Morgan fingerprint density at radius 2 is 1.30 bits per heavy atom. The number of nitrogens with one attached hydrogen (secondary N) is 3. The van der Waals surface area contributed by atoms with Crippen LogP contribution in [0.2, 0.25) is 0 Å². The lowest BCUT2D eigenvalue weighted by molar-refractivity contribution is -0.303. The maximum absolute atomic E-state index is 13.2. The summed E-state index contributed by atoms with van der Waals surface area (Å²) in [5.41, 5.74) is -0.892. The quantitative estimate of drug-likeness (QED) is 0.0948. The van der Waals surface area contributed by atoms with Crippen LogP contribution < -0.4 is 15.4 Å². The van der Waals surface area contributed by atoms with E-state index in [4.69, 9.17) is 9.47 Å². The van der Waals surface area contributed by atoms with Crippen molar-refractivity contribution < 1.29 is 83.3 Å². The summed E-state index contributed by atoms with van der Waals surface area (Å²) in [5, 5.41) is 111. The summed E-state index contributed by atoms with van der Waals surface area (Å²) in [6.45, 7) is 0.195. The molecule has 2 saturated heterocycles. The van der Waals surface area contributed by atoms with Crippen molar-refractivity contribution in [1.29, 1.82) is 0 Å². The van der Waals surface area contributed by atoms with Gasteiger partial charge in [-0.25, -0.2) is 13.1 Å². The molecule has 0 unspecified atom stereocenters. The Bertz CT molecular complexity index is 1560. The number of benzene rings is 1. The van der Waals surface area contributed by atoms with Crippen LogP contribution in [0.1, 0.15) is 48.2 Å². The molecule has 3 aliphatic heterocycles. The minimum atomic E-state index is -4.63. The van der Waals surface area contributed by atoms with E-state index in [1.165, 1.54) is 6.07 Å². The average molecular weight is 738 g/mol. The van der Waals surface area contributed by atoms with Gasteiger partial charge in [0.1, 0.15) is 41.5 Å². The van der Waals surface area contributed by atoms with Gasteiger partial charge in [-0.15, -0.1) is 0 Å². The van der Waals surface area contributed by atoms with Crippen molar-refractivity contribution in [3.8, 4) is 0 Å². The zero-order valence-electron chi connectivity index (χ0n) is 26.9. The second-order valence-electron chi connectivity index (χ2n) is 12.9. The third-order valence-corrected chi connectivity index (χ3v) is 10.4. The molecule has 21 heteroatoms. The fourth-order valence-electron chi connectivity index (χ4n) is 6.68. The Kier molecular flexibility index (Phi) is 12.0. The number of fused-ring (bicyclic) bond motifs is 1. The Morgan fingerprint density at radius 3 is 1.72 bits per heavy atom. The fraction of sp³-hybridized carbons (Fsp3) is 0.690. The monoisotopic (exact) mass is 737 g/mol. The third-order valence-electron chi connectivity index (χ3n) is 8.90. The van der Waals surface area contributed by atoms with Gasteiger partial charge in [0.05, 0.1) is 43.1 Å². The molecule has 3 aliphatic rings. The molecule has 20 nitrogen and oxygen atoms in total. The van der Waals surface area contributed by atoms with Crippen molar-refractivity contribution in [3.05, 3.63) is 28.8 Å². The van der Waals surface area contributed by atoms with Gasteiger partial charge in [0.25, 0.3) is 15.9 Å². The third kappa shape index (κ3) is 8.25. The first-order chi connectivity index (χ1) is 23.2. The zero-order valence-corrected chi connectivity index (χ0v) is 27.7. The number of amides is 3. The van der Waals surface area contributed by atoms with Gasteiger partial charge in [0, 0.05) is 39.5 Å². The molecule has 0 spiro atoms. The number of aliphatic hydroxyl groups excluding tert-OH is 8. The predicted molar refractivity (Wildman–Crippen MR) is 163 cm³/mol. The molecule has 1 aromatic rings. The van der Waals surface area contributed by atoms with Crippen LogP contribution in [0.4, 0.5) is 0 Å². The molecule has 4 rings (SSSR count). The van der Waals surface area contributed by atoms with E-state index in [-0.39, 0.29) is 16.7 Å². The lowest BCUT2D eigenvalue weighted by Crippen LogP contribution is -2.66. The number of hydrogen-bond donors (Lipinski definition) is 13. The molecule has 0 aromatic heterocycles. The first-order valence-corrected chi connectivity index (χ1v) is 17.0. The molecule has 3 heterocycles. The summed E-state index contributed by atoms with van der Waals surface area (Å²) in [7, 11) is -4.63. The number of hydrogen-bond acceptors (Lipinski definition) is 17. The largest absolute Gasteiger partial charge is 0.394 e. The number of ether oxygens (including phenoxy) is 2. The molecule has 2 fully saturated rings. The van der Waals surface area contributed by atoms with Crippen molar-refractivity contribution in [3.63, 3.8) is 0 Å². The summed E-state index contributed by atoms with van der Waals surface area (Å²) in [5.74, 6) is -7.54. The van der Waals surface area contributed by atoms with E-state index in [1.807, 2.05) is 0 Å². The van der Waals surface area contributed by atoms with E-state index in [0.717, 1.165) is 19.9 Å². The van der Waals surface area contributed by atoms with Gasteiger partial charge in [-0.1, -0.05) is 6.07 Å². The Morgan fingerprint density at radius 1 is 0.860 bits per heavy atom. The minimum Gasteiger partial charge on any atom is -0.394 e. The highest BCUT2D eigenvalue weighted by Crippen LogP contribution is 2.40. The zero-order chi connectivity index (χ0) is 37.5. The lowest BCUT2D eigenvalue weighted by atomic mass is 9.83. The number of carbonyl (C=O) groups excluding carboxylic acids is 3. The van der Waals surface area contributed by atoms with Crippen LogP contribution in [0.3, 0.4) is 0 Å². The van der Waals surface area contributed by atoms with E-state index < -0.39 is 144 Å². The smallest absolute Gasteiger partial charge is 0.266 e. The summed E-state index contributed by atoms with van der Waals surface area (Å²) in [4.78, 5) is 35.7. The number of carbonyl (C=O) groups is 3. The van der Waals surface area contributed by atoms with Crippen LogP contribution in [0, 0.1) is 0 Å².